The lowest BCUT2D eigenvalue weighted by molar-refractivity contribution is 0.0527. The van der Waals surface area contributed by atoms with Crippen molar-refractivity contribution in [2.75, 3.05) is 11.9 Å². The van der Waals surface area contributed by atoms with Crippen molar-refractivity contribution >= 4 is 55.1 Å². The summed E-state index contributed by atoms with van der Waals surface area (Å²) in [7, 11) is 0. The molecule has 0 fully saturated rings. The van der Waals surface area contributed by atoms with E-state index in [2.05, 4.69) is 32.3 Å². The maximum Gasteiger partial charge on any atom is 0.341 e. The number of hydrogen-bond acceptors (Lipinski definition) is 7. The normalized spacial score (nSPS) is 11.2. The Morgan fingerprint density at radius 3 is 2.90 bits per heavy atom. The Kier molecular flexibility index (Phi) is 6.85. The van der Waals surface area contributed by atoms with Crippen molar-refractivity contribution in [3.8, 4) is 17.3 Å². The summed E-state index contributed by atoms with van der Waals surface area (Å²) >= 11 is 6.32. The molecule has 0 unspecified atom stereocenters. The summed E-state index contributed by atoms with van der Waals surface area (Å²) in [5.74, 6) is -0.366. The number of thiazole rings is 1. The van der Waals surface area contributed by atoms with Gasteiger partial charge in [0, 0.05) is 26.5 Å². The van der Waals surface area contributed by atoms with Crippen molar-refractivity contribution in [2.24, 2.45) is 0 Å². The molecular formula is C21H18BrN3O2S2. The number of rotatable bonds is 6. The molecule has 2 aromatic heterocycles. The topological polar surface area (TPSA) is 75.0 Å². The Hall–Kier alpha value is -2.47. The molecule has 0 amide bonds. The standard InChI is InChI=1S/C21H18BrN3O2S2/c1-4-27-21(26)18-12(2)13(3)29-20(18)24-10-15(9-23)19-25-17(11-28-19)14-6-5-7-16(22)8-14/h5-8,10-11,24H,4H2,1-3H3/b15-10-. The first-order valence-electron chi connectivity index (χ1n) is 8.80. The number of nitrogens with one attached hydrogen (secondary N) is 1. The number of aromatic nitrogens is 1. The average Bonchev–Trinajstić information content (AvgIpc) is 3.28. The van der Waals surface area contributed by atoms with E-state index in [-0.39, 0.29) is 5.97 Å². The van der Waals surface area contributed by atoms with Gasteiger partial charge in [-0.2, -0.15) is 5.26 Å². The van der Waals surface area contributed by atoms with Crippen LogP contribution in [0.1, 0.15) is 32.7 Å². The molecule has 0 aliphatic rings. The summed E-state index contributed by atoms with van der Waals surface area (Å²) in [5, 5.41) is 15.9. The van der Waals surface area contributed by atoms with Crippen LogP contribution in [0, 0.1) is 25.2 Å². The molecular weight excluding hydrogens is 470 g/mol. The van der Waals surface area contributed by atoms with Crippen molar-refractivity contribution in [1.29, 1.82) is 5.26 Å². The third kappa shape index (κ3) is 4.75. The maximum atomic E-state index is 12.3. The predicted molar refractivity (Wildman–Crippen MR) is 122 cm³/mol. The Balaban J connectivity index is 1.88. The summed E-state index contributed by atoms with van der Waals surface area (Å²) in [6.45, 7) is 5.93. The van der Waals surface area contributed by atoms with Gasteiger partial charge in [0.15, 0.2) is 0 Å². The minimum Gasteiger partial charge on any atom is -0.462 e. The highest BCUT2D eigenvalue weighted by atomic mass is 79.9. The fourth-order valence-corrected chi connectivity index (χ4v) is 4.85. The van der Waals surface area contributed by atoms with Crippen molar-refractivity contribution < 1.29 is 9.53 Å². The number of halogens is 1. The number of benzene rings is 1. The van der Waals surface area contributed by atoms with Gasteiger partial charge < -0.3 is 10.1 Å². The number of ether oxygens (including phenoxy) is 1. The van der Waals surface area contributed by atoms with Crippen LogP contribution in [-0.4, -0.2) is 17.6 Å². The highest BCUT2D eigenvalue weighted by Gasteiger charge is 2.20. The number of carbonyl (C=O) groups excluding carboxylic acids is 1. The van der Waals surface area contributed by atoms with Crippen LogP contribution in [0.25, 0.3) is 16.8 Å². The number of hydrogen-bond donors (Lipinski definition) is 1. The van der Waals surface area contributed by atoms with E-state index in [1.807, 2.05) is 43.5 Å². The molecule has 0 aliphatic heterocycles. The third-order valence-electron chi connectivity index (χ3n) is 4.19. The Labute approximate surface area is 185 Å². The number of aryl methyl sites for hydroxylation is 1. The van der Waals surface area contributed by atoms with Gasteiger partial charge in [-0.05, 0) is 38.5 Å². The van der Waals surface area contributed by atoms with Crippen LogP contribution in [-0.2, 0) is 4.74 Å². The lowest BCUT2D eigenvalue weighted by Crippen LogP contribution is -2.07. The van der Waals surface area contributed by atoms with Crippen molar-refractivity contribution in [1.82, 2.24) is 4.98 Å². The van der Waals surface area contributed by atoms with Crippen LogP contribution < -0.4 is 5.32 Å². The van der Waals surface area contributed by atoms with Gasteiger partial charge in [-0.25, -0.2) is 9.78 Å². The molecule has 0 bridgehead atoms. The van der Waals surface area contributed by atoms with E-state index >= 15 is 0 Å². The van der Waals surface area contributed by atoms with E-state index in [0.717, 1.165) is 26.2 Å². The first kappa shape index (κ1) is 21.2. The molecule has 0 aliphatic carbocycles. The second-order valence-electron chi connectivity index (χ2n) is 6.07. The minimum absolute atomic E-state index is 0.309. The van der Waals surface area contributed by atoms with Gasteiger partial charge in [0.25, 0.3) is 0 Å². The average molecular weight is 488 g/mol. The molecule has 1 N–H and O–H groups in total. The maximum absolute atomic E-state index is 12.3. The van der Waals surface area contributed by atoms with Gasteiger partial charge in [0.1, 0.15) is 21.7 Å². The second-order valence-corrected chi connectivity index (χ2v) is 9.07. The Bertz CT molecular complexity index is 1130. The van der Waals surface area contributed by atoms with E-state index in [0.29, 0.717) is 27.8 Å². The molecule has 2 heterocycles. The van der Waals surface area contributed by atoms with Gasteiger partial charge in [-0.1, -0.05) is 28.1 Å². The molecule has 3 rings (SSSR count). The van der Waals surface area contributed by atoms with Gasteiger partial charge >= 0.3 is 5.97 Å². The predicted octanol–water partition coefficient (Wildman–Crippen LogP) is 6.40. The lowest BCUT2D eigenvalue weighted by Gasteiger charge is -2.05. The minimum atomic E-state index is -0.366. The smallest absolute Gasteiger partial charge is 0.341 e. The second kappa shape index (κ2) is 9.35. The van der Waals surface area contributed by atoms with Crippen LogP contribution in [0.2, 0.25) is 0 Å². The molecule has 0 saturated heterocycles. The van der Waals surface area contributed by atoms with E-state index in [1.54, 1.807) is 13.1 Å². The molecule has 1 aromatic carbocycles. The number of carbonyl (C=O) groups is 1. The molecule has 5 nitrogen and oxygen atoms in total. The van der Waals surface area contributed by atoms with Gasteiger partial charge in [-0.15, -0.1) is 22.7 Å². The van der Waals surface area contributed by atoms with E-state index < -0.39 is 0 Å². The third-order valence-corrected chi connectivity index (χ3v) is 6.70. The number of nitriles is 1. The molecule has 148 valence electrons. The molecule has 3 aromatic rings. The summed E-state index contributed by atoms with van der Waals surface area (Å²) in [5.41, 5.74) is 3.57. The number of allylic oxidation sites excluding steroid dienone is 1. The SMILES string of the molecule is CCOC(=O)c1c(N/C=C(/C#N)c2nc(-c3cccc(Br)c3)cs2)sc(C)c1C. The highest BCUT2D eigenvalue weighted by molar-refractivity contribution is 9.10. The summed E-state index contributed by atoms with van der Waals surface area (Å²) in [6.07, 6.45) is 1.59. The fraction of sp³-hybridized carbons (Fsp3) is 0.190. The molecule has 0 saturated carbocycles. The monoisotopic (exact) mass is 487 g/mol. The molecule has 0 radical (unpaired) electrons. The summed E-state index contributed by atoms with van der Waals surface area (Å²) in [6, 6.07) is 10.0. The summed E-state index contributed by atoms with van der Waals surface area (Å²) < 4.78 is 6.14. The zero-order valence-corrected chi connectivity index (χ0v) is 19.3. The number of anilines is 1. The Morgan fingerprint density at radius 2 is 2.21 bits per heavy atom. The summed E-state index contributed by atoms with van der Waals surface area (Å²) in [4.78, 5) is 17.9. The molecule has 8 heteroatoms. The largest absolute Gasteiger partial charge is 0.462 e. The van der Waals surface area contributed by atoms with Gasteiger partial charge in [0.2, 0.25) is 0 Å². The number of esters is 1. The van der Waals surface area contributed by atoms with Crippen LogP contribution in [0.5, 0.6) is 0 Å². The first-order chi connectivity index (χ1) is 13.9. The van der Waals surface area contributed by atoms with Crippen LogP contribution in [0.4, 0.5) is 5.00 Å². The first-order valence-corrected chi connectivity index (χ1v) is 11.3. The van der Waals surface area contributed by atoms with Crippen LogP contribution in [0.3, 0.4) is 0 Å². The van der Waals surface area contributed by atoms with Crippen molar-refractivity contribution in [2.45, 2.75) is 20.8 Å². The quantitative estimate of drug-likeness (QED) is 0.321. The van der Waals surface area contributed by atoms with Crippen molar-refractivity contribution in [3.05, 3.63) is 61.3 Å². The zero-order chi connectivity index (χ0) is 21.0. The number of nitrogens with zero attached hydrogens (tertiary/aromatic N) is 2. The van der Waals surface area contributed by atoms with Crippen LogP contribution in [0.15, 0.2) is 40.3 Å². The van der Waals surface area contributed by atoms with E-state index in [1.165, 1.54) is 22.7 Å². The molecule has 0 atom stereocenters. The molecule has 0 spiro atoms. The zero-order valence-electron chi connectivity index (χ0n) is 16.1. The lowest BCUT2D eigenvalue weighted by atomic mass is 10.1. The van der Waals surface area contributed by atoms with E-state index in [4.69, 9.17) is 4.74 Å². The van der Waals surface area contributed by atoms with Gasteiger partial charge in [0.05, 0.1) is 17.9 Å². The molecule has 29 heavy (non-hydrogen) atoms. The fourth-order valence-electron chi connectivity index (χ4n) is 2.64. The van der Waals surface area contributed by atoms with Crippen LogP contribution >= 0.6 is 38.6 Å². The van der Waals surface area contributed by atoms with Crippen molar-refractivity contribution in [3.63, 3.8) is 0 Å². The van der Waals surface area contributed by atoms with Gasteiger partial charge in [-0.3, -0.25) is 0 Å². The Morgan fingerprint density at radius 1 is 1.41 bits per heavy atom. The highest BCUT2D eigenvalue weighted by Crippen LogP contribution is 2.34. The number of thiophene rings is 1. The van der Waals surface area contributed by atoms with E-state index in [9.17, 15) is 10.1 Å².